The molecule has 0 heterocycles. The summed E-state index contributed by atoms with van der Waals surface area (Å²) >= 11 is 1.88. The van der Waals surface area contributed by atoms with Crippen LogP contribution in [0.3, 0.4) is 0 Å². The van der Waals surface area contributed by atoms with Crippen LogP contribution in [0.25, 0.3) is 0 Å². The fourth-order valence-corrected chi connectivity index (χ4v) is 1.73. The van der Waals surface area contributed by atoms with E-state index in [1.165, 1.54) is 12.2 Å². The lowest BCUT2D eigenvalue weighted by molar-refractivity contribution is 0.104. The number of thioether (sulfide) groups is 1. The van der Waals surface area contributed by atoms with Crippen LogP contribution in [0.2, 0.25) is 0 Å². The SMILES string of the molecule is CCC(O)CN(C)C(C)CCSC. The summed E-state index contributed by atoms with van der Waals surface area (Å²) in [7, 11) is 2.09. The van der Waals surface area contributed by atoms with Crippen molar-refractivity contribution in [2.24, 2.45) is 0 Å². The van der Waals surface area contributed by atoms with Gasteiger partial charge in [0, 0.05) is 12.6 Å². The Labute approximate surface area is 86.7 Å². The fraction of sp³-hybridized carbons (Fsp3) is 1.00. The van der Waals surface area contributed by atoms with E-state index in [9.17, 15) is 5.11 Å². The highest BCUT2D eigenvalue weighted by atomic mass is 32.2. The average Bonchev–Trinajstić information content (AvgIpc) is 2.13. The van der Waals surface area contributed by atoms with Gasteiger partial charge in [-0.25, -0.2) is 0 Å². The summed E-state index contributed by atoms with van der Waals surface area (Å²) in [6.45, 7) is 5.04. The standard InChI is InChI=1S/C10H23NOS/c1-5-10(12)8-11(3)9(2)6-7-13-4/h9-10,12H,5-8H2,1-4H3. The molecule has 0 amide bonds. The van der Waals surface area contributed by atoms with Crippen LogP contribution < -0.4 is 0 Å². The third-order valence-electron chi connectivity index (χ3n) is 2.46. The molecule has 0 bridgehead atoms. The monoisotopic (exact) mass is 205 g/mol. The predicted molar refractivity (Wildman–Crippen MR) is 61.4 cm³/mol. The molecule has 0 aliphatic carbocycles. The van der Waals surface area contributed by atoms with Crippen molar-refractivity contribution in [2.45, 2.75) is 38.8 Å². The minimum absolute atomic E-state index is 0.165. The van der Waals surface area contributed by atoms with Gasteiger partial charge in [0.1, 0.15) is 0 Å². The van der Waals surface area contributed by atoms with Crippen molar-refractivity contribution in [2.75, 3.05) is 25.6 Å². The Hall–Kier alpha value is 0.270. The normalized spacial score (nSPS) is 16.2. The number of likely N-dealkylation sites (N-methyl/N-ethyl adjacent to an activating group) is 1. The molecule has 0 fully saturated rings. The zero-order valence-corrected chi connectivity index (χ0v) is 10.1. The molecule has 0 aromatic rings. The number of hydrogen-bond acceptors (Lipinski definition) is 3. The smallest absolute Gasteiger partial charge is 0.0664 e. The van der Waals surface area contributed by atoms with E-state index in [0.717, 1.165) is 13.0 Å². The summed E-state index contributed by atoms with van der Waals surface area (Å²) < 4.78 is 0. The summed E-state index contributed by atoms with van der Waals surface area (Å²) in [5.74, 6) is 1.20. The van der Waals surface area contributed by atoms with Crippen molar-refractivity contribution in [1.82, 2.24) is 4.90 Å². The van der Waals surface area contributed by atoms with Gasteiger partial charge in [0.25, 0.3) is 0 Å². The fourth-order valence-electron chi connectivity index (χ4n) is 1.15. The molecule has 3 heteroatoms. The van der Waals surface area contributed by atoms with Crippen LogP contribution in [0.15, 0.2) is 0 Å². The lowest BCUT2D eigenvalue weighted by Crippen LogP contribution is -2.35. The molecule has 2 nitrogen and oxygen atoms in total. The zero-order valence-electron chi connectivity index (χ0n) is 9.29. The van der Waals surface area contributed by atoms with E-state index < -0.39 is 0 Å². The molecule has 2 atom stereocenters. The van der Waals surface area contributed by atoms with Gasteiger partial charge in [-0.2, -0.15) is 11.8 Å². The lowest BCUT2D eigenvalue weighted by Gasteiger charge is -2.26. The van der Waals surface area contributed by atoms with Crippen LogP contribution in [0.5, 0.6) is 0 Å². The van der Waals surface area contributed by atoms with Crippen molar-refractivity contribution < 1.29 is 5.11 Å². The molecule has 80 valence electrons. The Bertz CT molecular complexity index is 121. The van der Waals surface area contributed by atoms with Gasteiger partial charge in [0.15, 0.2) is 0 Å². The molecule has 13 heavy (non-hydrogen) atoms. The highest BCUT2D eigenvalue weighted by Crippen LogP contribution is 2.07. The average molecular weight is 205 g/mol. The van der Waals surface area contributed by atoms with Crippen LogP contribution in [-0.2, 0) is 0 Å². The maximum absolute atomic E-state index is 9.46. The third kappa shape index (κ3) is 6.36. The Morgan fingerprint density at radius 3 is 2.54 bits per heavy atom. The number of aliphatic hydroxyl groups excluding tert-OH is 1. The van der Waals surface area contributed by atoms with Gasteiger partial charge in [-0.15, -0.1) is 0 Å². The Morgan fingerprint density at radius 1 is 1.46 bits per heavy atom. The predicted octanol–water partition coefficient (Wildman–Crippen LogP) is 1.83. The zero-order chi connectivity index (χ0) is 10.3. The summed E-state index contributed by atoms with van der Waals surface area (Å²) in [6.07, 6.45) is 4.02. The Kier molecular flexibility index (Phi) is 7.81. The molecule has 0 aromatic carbocycles. The van der Waals surface area contributed by atoms with Crippen LogP contribution in [0.1, 0.15) is 26.7 Å². The van der Waals surface area contributed by atoms with E-state index in [1.54, 1.807) is 0 Å². The van der Waals surface area contributed by atoms with Crippen LogP contribution in [-0.4, -0.2) is 47.8 Å². The van der Waals surface area contributed by atoms with Crippen LogP contribution in [0, 0.1) is 0 Å². The largest absolute Gasteiger partial charge is 0.392 e. The van der Waals surface area contributed by atoms with Crippen molar-refractivity contribution >= 4 is 11.8 Å². The van der Waals surface area contributed by atoms with E-state index >= 15 is 0 Å². The van der Waals surface area contributed by atoms with E-state index in [2.05, 4.69) is 25.1 Å². The third-order valence-corrected chi connectivity index (χ3v) is 3.11. The second-order valence-corrected chi connectivity index (χ2v) is 4.62. The lowest BCUT2D eigenvalue weighted by atomic mass is 10.2. The quantitative estimate of drug-likeness (QED) is 0.686. The van der Waals surface area contributed by atoms with Gasteiger partial charge >= 0.3 is 0 Å². The summed E-state index contributed by atoms with van der Waals surface area (Å²) in [5.41, 5.74) is 0. The van der Waals surface area contributed by atoms with E-state index in [-0.39, 0.29) is 6.10 Å². The molecule has 2 unspecified atom stereocenters. The molecular formula is C10H23NOS. The number of rotatable bonds is 7. The van der Waals surface area contributed by atoms with Crippen LogP contribution >= 0.6 is 11.8 Å². The second kappa shape index (κ2) is 7.65. The van der Waals surface area contributed by atoms with E-state index in [0.29, 0.717) is 6.04 Å². The Morgan fingerprint density at radius 2 is 2.08 bits per heavy atom. The van der Waals surface area contributed by atoms with Crippen molar-refractivity contribution in [3.63, 3.8) is 0 Å². The van der Waals surface area contributed by atoms with E-state index in [1.807, 2.05) is 18.7 Å². The molecule has 0 rings (SSSR count). The topological polar surface area (TPSA) is 23.5 Å². The molecule has 0 saturated carbocycles. The maximum Gasteiger partial charge on any atom is 0.0664 e. The maximum atomic E-state index is 9.46. The first-order chi connectivity index (χ1) is 6.11. The van der Waals surface area contributed by atoms with Gasteiger partial charge in [0.2, 0.25) is 0 Å². The van der Waals surface area contributed by atoms with Crippen molar-refractivity contribution in [3.8, 4) is 0 Å². The highest BCUT2D eigenvalue weighted by molar-refractivity contribution is 7.98. The van der Waals surface area contributed by atoms with Gasteiger partial charge in [0.05, 0.1) is 6.10 Å². The molecule has 0 aliphatic rings. The Balaban J connectivity index is 3.61. The van der Waals surface area contributed by atoms with Crippen molar-refractivity contribution in [1.29, 1.82) is 0 Å². The minimum atomic E-state index is -0.165. The molecule has 0 aliphatic heterocycles. The first-order valence-electron chi connectivity index (χ1n) is 4.99. The first-order valence-corrected chi connectivity index (χ1v) is 6.38. The molecule has 0 saturated heterocycles. The highest BCUT2D eigenvalue weighted by Gasteiger charge is 2.11. The number of nitrogens with zero attached hydrogens (tertiary/aromatic N) is 1. The molecule has 1 N–H and O–H groups in total. The molecular weight excluding hydrogens is 182 g/mol. The van der Waals surface area contributed by atoms with Gasteiger partial charge in [-0.1, -0.05) is 6.92 Å². The number of hydrogen-bond donors (Lipinski definition) is 1. The van der Waals surface area contributed by atoms with Crippen LogP contribution in [0.4, 0.5) is 0 Å². The number of aliphatic hydroxyl groups is 1. The van der Waals surface area contributed by atoms with Gasteiger partial charge < -0.3 is 10.0 Å². The first kappa shape index (κ1) is 13.3. The van der Waals surface area contributed by atoms with Gasteiger partial charge in [-0.05, 0) is 38.8 Å². The molecule has 0 aromatic heterocycles. The van der Waals surface area contributed by atoms with E-state index in [4.69, 9.17) is 0 Å². The molecule has 0 radical (unpaired) electrons. The summed E-state index contributed by atoms with van der Waals surface area (Å²) in [5, 5.41) is 9.46. The molecule has 0 spiro atoms. The summed E-state index contributed by atoms with van der Waals surface area (Å²) in [6, 6.07) is 0.577. The van der Waals surface area contributed by atoms with Gasteiger partial charge in [-0.3, -0.25) is 0 Å². The van der Waals surface area contributed by atoms with Crippen molar-refractivity contribution in [3.05, 3.63) is 0 Å². The summed E-state index contributed by atoms with van der Waals surface area (Å²) in [4.78, 5) is 2.24. The minimum Gasteiger partial charge on any atom is -0.392 e. The second-order valence-electron chi connectivity index (χ2n) is 3.63.